The lowest BCUT2D eigenvalue weighted by Gasteiger charge is -2.39. The van der Waals surface area contributed by atoms with E-state index in [1.165, 1.54) is 24.0 Å². The molecule has 0 unspecified atom stereocenters. The van der Waals surface area contributed by atoms with Crippen LogP contribution in [0.5, 0.6) is 5.75 Å². The van der Waals surface area contributed by atoms with Gasteiger partial charge in [0.25, 0.3) is 0 Å². The summed E-state index contributed by atoms with van der Waals surface area (Å²) in [6.45, 7) is 10.7. The second-order valence-electron chi connectivity index (χ2n) is 6.32. The molecular formula is C17H28N2O. The molecule has 1 aliphatic heterocycles. The maximum absolute atomic E-state index is 5.89. The van der Waals surface area contributed by atoms with Crippen LogP contribution in [0.1, 0.15) is 30.9 Å². The molecule has 0 bridgehead atoms. The van der Waals surface area contributed by atoms with Crippen LogP contribution in [-0.2, 0) is 0 Å². The summed E-state index contributed by atoms with van der Waals surface area (Å²) in [7, 11) is 2.07. The molecule has 1 aromatic carbocycles. The molecule has 0 atom stereocenters. The third-order valence-corrected chi connectivity index (χ3v) is 4.43. The smallest absolute Gasteiger partial charge is 0.119 e. The maximum Gasteiger partial charge on any atom is 0.119 e. The van der Waals surface area contributed by atoms with Crippen molar-refractivity contribution in [3.8, 4) is 5.75 Å². The molecule has 3 heteroatoms. The van der Waals surface area contributed by atoms with Crippen LogP contribution in [0.15, 0.2) is 18.2 Å². The van der Waals surface area contributed by atoms with Crippen molar-refractivity contribution in [2.24, 2.45) is 0 Å². The van der Waals surface area contributed by atoms with Crippen molar-refractivity contribution in [2.75, 3.05) is 33.3 Å². The number of nitrogens with one attached hydrogen (secondary N) is 1. The van der Waals surface area contributed by atoms with Gasteiger partial charge in [-0.3, -0.25) is 4.90 Å². The highest BCUT2D eigenvalue weighted by atomic mass is 16.5. The van der Waals surface area contributed by atoms with Gasteiger partial charge >= 0.3 is 0 Å². The molecule has 1 heterocycles. The fraction of sp³-hybridized carbons (Fsp3) is 0.647. The first-order valence-electron chi connectivity index (χ1n) is 7.63. The van der Waals surface area contributed by atoms with Gasteiger partial charge in [-0.25, -0.2) is 0 Å². The number of nitrogens with zero attached hydrogens (tertiary/aromatic N) is 1. The van der Waals surface area contributed by atoms with Gasteiger partial charge in [-0.1, -0.05) is 6.07 Å². The quantitative estimate of drug-likeness (QED) is 0.895. The highest BCUT2D eigenvalue weighted by Gasteiger charge is 2.27. The minimum Gasteiger partial charge on any atom is -0.492 e. The fourth-order valence-corrected chi connectivity index (χ4v) is 2.83. The first-order chi connectivity index (χ1) is 9.50. The van der Waals surface area contributed by atoms with Crippen molar-refractivity contribution in [2.45, 2.75) is 39.2 Å². The Morgan fingerprint density at radius 3 is 2.30 bits per heavy atom. The molecule has 1 aromatic rings. The van der Waals surface area contributed by atoms with E-state index in [0.29, 0.717) is 5.54 Å². The highest BCUT2D eigenvalue weighted by Crippen LogP contribution is 2.21. The Kier molecular flexibility index (Phi) is 5.06. The van der Waals surface area contributed by atoms with E-state index in [-0.39, 0.29) is 0 Å². The first kappa shape index (κ1) is 15.3. The van der Waals surface area contributed by atoms with Crippen molar-refractivity contribution >= 4 is 0 Å². The number of ether oxygens (including phenoxy) is 1. The van der Waals surface area contributed by atoms with E-state index < -0.39 is 0 Å². The summed E-state index contributed by atoms with van der Waals surface area (Å²) in [5, 5.41) is 3.44. The second kappa shape index (κ2) is 6.59. The number of piperidine rings is 1. The Hall–Kier alpha value is -1.06. The number of rotatable bonds is 5. The van der Waals surface area contributed by atoms with Crippen molar-refractivity contribution in [1.82, 2.24) is 10.2 Å². The van der Waals surface area contributed by atoms with Gasteiger partial charge in [0, 0.05) is 25.2 Å². The maximum atomic E-state index is 5.89. The van der Waals surface area contributed by atoms with Crippen molar-refractivity contribution < 1.29 is 4.74 Å². The number of likely N-dealkylation sites (tertiary alicyclic amines) is 1. The van der Waals surface area contributed by atoms with Gasteiger partial charge in [0.05, 0.1) is 0 Å². The van der Waals surface area contributed by atoms with Gasteiger partial charge in [-0.2, -0.15) is 0 Å². The lowest BCUT2D eigenvalue weighted by Crippen LogP contribution is -2.50. The van der Waals surface area contributed by atoms with E-state index in [1.807, 2.05) is 0 Å². The standard InChI is InChI=1S/C17H28N2O/c1-14-11-15(2)13-16(12-14)20-10-9-19-7-5-17(3,18-4)6-8-19/h11-13,18H,5-10H2,1-4H3. The minimum absolute atomic E-state index is 0.324. The van der Waals surface area contributed by atoms with E-state index in [9.17, 15) is 0 Å². The zero-order chi connectivity index (χ0) is 14.6. The van der Waals surface area contributed by atoms with Gasteiger partial charge in [-0.15, -0.1) is 0 Å². The first-order valence-corrected chi connectivity index (χ1v) is 7.63. The predicted molar refractivity (Wildman–Crippen MR) is 84.5 cm³/mol. The second-order valence-corrected chi connectivity index (χ2v) is 6.32. The molecule has 112 valence electrons. The molecule has 0 radical (unpaired) electrons. The average molecular weight is 276 g/mol. The Bertz CT molecular complexity index is 416. The third kappa shape index (κ3) is 4.22. The lowest BCUT2D eigenvalue weighted by atomic mass is 9.90. The molecule has 2 rings (SSSR count). The molecule has 0 aliphatic carbocycles. The summed E-state index contributed by atoms with van der Waals surface area (Å²) < 4.78 is 5.89. The van der Waals surface area contributed by atoms with Crippen LogP contribution in [-0.4, -0.2) is 43.7 Å². The number of hydrogen-bond donors (Lipinski definition) is 1. The van der Waals surface area contributed by atoms with Crippen LogP contribution in [0, 0.1) is 13.8 Å². The molecular weight excluding hydrogens is 248 g/mol. The highest BCUT2D eigenvalue weighted by molar-refractivity contribution is 5.32. The lowest BCUT2D eigenvalue weighted by molar-refractivity contribution is 0.132. The molecule has 1 N–H and O–H groups in total. The van der Waals surface area contributed by atoms with Gasteiger partial charge < -0.3 is 10.1 Å². The predicted octanol–water partition coefficient (Wildman–Crippen LogP) is 2.76. The molecule has 1 aliphatic rings. The zero-order valence-corrected chi connectivity index (χ0v) is 13.3. The number of aryl methyl sites for hydroxylation is 2. The van der Waals surface area contributed by atoms with E-state index >= 15 is 0 Å². The van der Waals surface area contributed by atoms with Crippen molar-refractivity contribution in [3.63, 3.8) is 0 Å². The summed E-state index contributed by atoms with van der Waals surface area (Å²) in [6, 6.07) is 6.40. The largest absolute Gasteiger partial charge is 0.492 e. The molecule has 1 fully saturated rings. The molecule has 3 nitrogen and oxygen atoms in total. The Morgan fingerprint density at radius 2 is 1.75 bits per heavy atom. The number of benzene rings is 1. The Labute approximate surface area is 123 Å². The van der Waals surface area contributed by atoms with Crippen LogP contribution in [0.4, 0.5) is 0 Å². The van der Waals surface area contributed by atoms with Gasteiger partial charge in [-0.05, 0) is 63.9 Å². The Morgan fingerprint density at radius 1 is 1.15 bits per heavy atom. The van der Waals surface area contributed by atoms with Gasteiger partial charge in [0.1, 0.15) is 12.4 Å². The summed E-state index contributed by atoms with van der Waals surface area (Å²) >= 11 is 0. The molecule has 0 spiro atoms. The third-order valence-electron chi connectivity index (χ3n) is 4.43. The van der Waals surface area contributed by atoms with Gasteiger partial charge in [0.15, 0.2) is 0 Å². The number of hydrogen-bond acceptors (Lipinski definition) is 3. The van der Waals surface area contributed by atoms with Crippen LogP contribution in [0.2, 0.25) is 0 Å². The summed E-state index contributed by atoms with van der Waals surface area (Å²) in [6.07, 6.45) is 2.43. The van der Waals surface area contributed by atoms with E-state index in [4.69, 9.17) is 4.74 Å². The molecule has 0 aromatic heterocycles. The minimum atomic E-state index is 0.324. The van der Waals surface area contributed by atoms with E-state index in [0.717, 1.165) is 32.0 Å². The van der Waals surface area contributed by atoms with Crippen molar-refractivity contribution in [1.29, 1.82) is 0 Å². The molecule has 0 saturated carbocycles. The zero-order valence-electron chi connectivity index (χ0n) is 13.3. The van der Waals surface area contributed by atoms with Gasteiger partial charge in [0.2, 0.25) is 0 Å². The topological polar surface area (TPSA) is 24.5 Å². The summed E-state index contributed by atoms with van der Waals surface area (Å²) in [5.41, 5.74) is 2.86. The van der Waals surface area contributed by atoms with E-state index in [2.05, 4.69) is 56.2 Å². The van der Waals surface area contributed by atoms with E-state index in [1.54, 1.807) is 0 Å². The van der Waals surface area contributed by atoms with Crippen molar-refractivity contribution in [3.05, 3.63) is 29.3 Å². The molecule has 0 amide bonds. The average Bonchev–Trinajstić information content (AvgIpc) is 2.40. The summed E-state index contributed by atoms with van der Waals surface area (Å²) in [5.74, 6) is 1.000. The SMILES string of the molecule is CNC1(C)CCN(CCOc2cc(C)cc(C)c2)CC1. The summed E-state index contributed by atoms with van der Waals surface area (Å²) in [4.78, 5) is 2.50. The molecule has 20 heavy (non-hydrogen) atoms. The van der Waals surface area contributed by atoms with Crippen LogP contribution in [0.25, 0.3) is 0 Å². The van der Waals surface area contributed by atoms with Crippen LogP contribution in [0.3, 0.4) is 0 Å². The monoisotopic (exact) mass is 276 g/mol. The normalized spacial score (nSPS) is 19.0. The molecule has 1 saturated heterocycles. The van der Waals surface area contributed by atoms with Crippen LogP contribution < -0.4 is 10.1 Å². The fourth-order valence-electron chi connectivity index (χ4n) is 2.83. The Balaban J connectivity index is 1.74. The van der Waals surface area contributed by atoms with Crippen LogP contribution >= 0.6 is 0 Å².